The number of nitrogens with zero attached hydrogens (tertiary/aromatic N) is 1. The Labute approximate surface area is 143 Å². The van der Waals surface area contributed by atoms with Gasteiger partial charge in [-0.1, -0.05) is 48.5 Å². The van der Waals surface area contributed by atoms with Gasteiger partial charge in [0.15, 0.2) is 0 Å². The summed E-state index contributed by atoms with van der Waals surface area (Å²) in [6.45, 7) is 1.20. The first-order valence-electron chi connectivity index (χ1n) is 8.34. The van der Waals surface area contributed by atoms with E-state index in [0.717, 1.165) is 29.8 Å². The molecule has 2 atom stereocenters. The number of hydrogen-bond donors (Lipinski definition) is 1. The second kappa shape index (κ2) is 7.49. The van der Waals surface area contributed by atoms with Crippen LogP contribution in [0, 0.1) is 5.92 Å². The maximum atomic E-state index is 12.8. The first-order valence-corrected chi connectivity index (χ1v) is 8.34. The van der Waals surface area contributed by atoms with Crippen LogP contribution < -0.4 is 10.1 Å². The SMILES string of the molecule is CN(C)C[C@@H](NC(=O)[C@H]1COc2ccccc2C1)c1ccccc1. The molecule has 0 aliphatic carbocycles. The molecule has 4 nitrogen and oxygen atoms in total. The number of para-hydroxylation sites is 1. The van der Waals surface area contributed by atoms with Gasteiger partial charge in [0.1, 0.15) is 12.4 Å². The Morgan fingerprint density at radius 1 is 1.17 bits per heavy atom. The summed E-state index contributed by atoms with van der Waals surface area (Å²) in [5, 5.41) is 3.20. The molecule has 2 aromatic rings. The van der Waals surface area contributed by atoms with E-state index in [9.17, 15) is 4.79 Å². The molecule has 0 saturated carbocycles. The zero-order valence-corrected chi connectivity index (χ0v) is 14.2. The minimum Gasteiger partial charge on any atom is -0.492 e. The molecule has 0 unspecified atom stereocenters. The number of rotatable bonds is 5. The molecular formula is C20H24N2O2. The van der Waals surface area contributed by atoms with Crippen molar-refractivity contribution < 1.29 is 9.53 Å². The lowest BCUT2D eigenvalue weighted by Crippen LogP contribution is -2.42. The number of fused-ring (bicyclic) bond motifs is 1. The predicted octanol–water partition coefficient (Wildman–Crippen LogP) is 2.66. The van der Waals surface area contributed by atoms with Crippen LogP contribution in [0.25, 0.3) is 0 Å². The fourth-order valence-corrected chi connectivity index (χ4v) is 3.07. The second-order valence-corrected chi connectivity index (χ2v) is 6.55. The minimum atomic E-state index is -0.145. The fraction of sp³-hybridized carbons (Fsp3) is 0.350. The van der Waals surface area contributed by atoms with Gasteiger partial charge in [-0.2, -0.15) is 0 Å². The highest BCUT2D eigenvalue weighted by molar-refractivity contribution is 5.80. The van der Waals surface area contributed by atoms with Gasteiger partial charge >= 0.3 is 0 Å². The molecule has 1 N–H and O–H groups in total. The van der Waals surface area contributed by atoms with Crippen molar-refractivity contribution in [1.29, 1.82) is 0 Å². The van der Waals surface area contributed by atoms with E-state index in [1.165, 1.54) is 0 Å². The zero-order chi connectivity index (χ0) is 16.9. The Morgan fingerprint density at radius 2 is 1.88 bits per heavy atom. The molecule has 1 heterocycles. The average Bonchev–Trinajstić information content (AvgIpc) is 2.61. The van der Waals surface area contributed by atoms with E-state index in [0.29, 0.717) is 6.61 Å². The van der Waals surface area contributed by atoms with Crippen LogP contribution in [0.4, 0.5) is 0 Å². The van der Waals surface area contributed by atoms with Crippen molar-refractivity contribution in [2.24, 2.45) is 5.92 Å². The highest BCUT2D eigenvalue weighted by Gasteiger charge is 2.27. The van der Waals surface area contributed by atoms with E-state index >= 15 is 0 Å². The Hall–Kier alpha value is -2.33. The summed E-state index contributed by atoms with van der Waals surface area (Å²) in [7, 11) is 4.03. The van der Waals surface area contributed by atoms with Crippen LogP contribution in [-0.2, 0) is 11.2 Å². The Balaban J connectivity index is 1.70. The van der Waals surface area contributed by atoms with Gasteiger partial charge in [0, 0.05) is 6.54 Å². The maximum absolute atomic E-state index is 12.8. The van der Waals surface area contributed by atoms with E-state index in [1.807, 2.05) is 56.6 Å². The van der Waals surface area contributed by atoms with Gasteiger partial charge in [0.2, 0.25) is 5.91 Å². The summed E-state index contributed by atoms with van der Waals surface area (Å²) in [4.78, 5) is 14.9. The standard InChI is InChI=1S/C20H24N2O2/c1-22(2)13-18(15-8-4-3-5-9-15)21-20(23)17-12-16-10-6-7-11-19(16)24-14-17/h3-11,17-18H,12-14H2,1-2H3,(H,21,23)/t17-,18-/m1/s1. The highest BCUT2D eigenvalue weighted by atomic mass is 16.5. The number of hydrogen-bond acceptors (Lipinski definition) is 3. The molecule has 0 spiro atoms. The maximum Gasteiger partial charge on any atom is 0.227 e. The quantitative estimate of drug-likeness (QED) is 0.919. The Kier molecular flexibility index (Phi) is 5.16. The zero-order valence-electron chi connectivity index (χ0n) is 14.2. The summed E-state index contributed by atoms with van der Waals surface area (Å²) in [5.74, 6) is 0.808. The lowest BCUT2D eigenvalue weighted by atomic mass is 9.95. The molecule has 0 bridgehead atoms. The summed E-state index contributed by atoms with van der Waals surface area (Å²) in [6, 6.07) is 18.0. The third-order valence-electron chi connectivity index (χ3n) is 4.32. The number of carbonyl (C=O) groups excluding carboxylic acids is 1. The number of ether oxygens (including phenoxy) is 1. The van der Waals surface area contributed by atoms with Gasteiger partial charge in [-0.25, -0.2) is 0 Å². The lowest BCUT2D eigenvalue weighted by molar-refractivity contribution is -0.127. The number of amides is 1. The van der Waals surface area contributed by atoms with Gasteiger partial charge in [0.05, 0.1) is 12.0 Å². The molecule has 4 heteroatoms. The highest BCUT2D eigenvalue weighted by Crippen LogP contribution is 2.27. The number of likely N-dealkylation sites (N-methyl/N-ethyl adjacent to an activating group) is 1. The summed E-state index contributed by atoms with van der Waals surface area (Å²) < 4.78 is 5.75. The van der Waals surface area contributed by atoms with Crippen molar-refractivity contribution >= 4 is 5.91 Å². The second-order valence-electron chi connectivity index (χ2n) is 6.55. The lowest BCUT2D eigenvalue weighted by Gasteiger charge is -2.28. The molecule has 0 saturated heterocycles. The molecule has 126 valence electrons. The molecular weight excluding hydrogens is 300 g/mol. The summed E-state index contributed by atoms with van der Waals surface area (Å²) in [6.07, 6.45) is 0.728. The predicted molar refractivity (Wildman–Crippen MR) is 95.0 cm³/mol. The number of nitrogens with one attached hydrogen (secondary N) is 1. The van der Waals surface area contributed by atoms with Crippen LogP contribution in [0.2, 0.25) is 0 Å². The fourth-order valence-electron chi connectivity index (χ4n) is 3.07. The van der Waals surface area contributed by atoms with E-state index in [4.69, 9.17) is 4.74 Å². The van der Waals surface area contributed by atoms with Crippen molar-refractivity contribution in [2.75, 3.05) is 27.2 Å². The smallest absolute Gasteiger partial charge is 0.227 e. The Bertz CT molecular complexity index is 685. The van der Waals surface area contributed by atoms with Crippen molar-refractivity contribution in [1.82, 2.24) is 10.2 Å². The van der Waals surface area contributed by atoms with Gasteiger partial charge in [0.25, 0.3) is 0 Å². The molecule has 24 heavy (non-hydrogen) atoms. The van der Waals surface area contributed by atoms with Crippen molar-refractivity contribution in [3.63, 3.8) is 0 Å². The van der Waals surface area contributed by atoms with Gasteiger partial charge in [-0.3, -0.25) is 4.79 Å². The van der Waals surface area contributed by atoms with Crippen LogP contribution >= 0.6 is 0 Å². The monoisotopic (exact) mass is 324 g/mol. The molecule has 2 aromatic carbocycles. The minimum absolute atomic E-state index is 0.0223. The van der Waals surface area contributed by atoms with Gasteiger partial charge in [-0.05, 0) is 37.7 Å². The summed E-state index contributed by atoms with van der Waals surface area (Å²) in [5.41, 5.74) is 2.23. The van der Waals surface area contributed by atoms with Crippen molar-refractivity contribution in [2.45, 2.75) is 12.5 Å². The molecule has 0 fully saturated rings. The molecule has 0 radical (unpaired) electrons. The number of benzene rings is 2. The topological polar surface area (TPSA) is 41.6 Å². The first kappa shape index (κ1) is 16.5. The first-order chi connectivity index (χ1) is 11.6. The molecule has 0 aromatic heterocycles. The van der Waals surface area contributed by atoms with Crippen LogP contribution in [0.3, 0.4) is 0 Å². The average molecular weight is 324 g/mol. The normalized spacial score (nSPS) is 17.7. The van der Waals surface area contributed by atoms with Crippen LogP contribution in [0.15, 0.2) is 54.6 Å². The van der Waals surface area contributed by atoms with Crippen LogP contribution in [0.1, 0.15) is 17.2 Å². The third kappa shape index (κ3) is 3.95. The van der Waals surface area contributed by atoms with E-state index in [-0.39, 0.29) is 17.9 Å². The molecule has 3 rings (SSSR count). The molecule has 1 aliphatic heterocycles. The molecule has 1 aliphatic rings. The Morgan fingerprint density at radius 3 is 2.62 bits per heavy atom. The van der Waals surface area contributed by atoms with Crippen LogP contribution in [0.5, 0.6) is 5.75 Å². The van der Waals surface area contributed by atoms with Gasteiger partial charge < -0.3 is 15.0 Å². The summed E-state index contributed by atoms with van der Waals surface area (Å²) >= 11 is 0. The van der Waals surface area contributed by atoms with Crippen molar-refractivity contribution in [3.8, 4) is 5.75 Å². The number of carbonyl (C=O) groups is 1. The van der Waals surface area contributed by atoms with Crippen LogP contribution in [-0.4, -0.2) is 38.1 Å². The van der Waals surface area contributed by atoms with Crippen molar-refractivity contribution in [3.05, 3.63) is 65.7 Å². The van der Waals surface area contributed by atoms with E-state index < -0.39 is 0 Å². The largest absolute Gasteiger partial charge is 0.492 e. The van der Waals surface area contributed by atoms with E-state index in [1.54, 1.807) is 0 Å². The van der Waals surface area contributed by atoms with Gasteiger partial charge in [-0.15, -0.1) is 0 Å². The van der Waals surface area contributed by atoms with E-state index in [2.05, 4.69) is 22.3 Å². The third-order valence-corrected chi connectivity index (χ3v) is 4.32. The molecule has 1 amide bonds.